The third kappa shape index (κ3) is 7.14. The van der Waals surface area contributed by atoms with E-state index in [1.165, 1.54) is 12.7 Å². The molecule has 1 aromatic heterocycles. The zero-order valence-corrected chi connectivity index (χ0v) is 34.2. The number of nitrogens with zero attached hydrogens (tertiary/aromatic N) is 4. The molecule has 57 heavy (non-hydrogen) atoms. The lowest BCUT2D eigenvalue weighted by Gasteiger charge is -2.36. The van der Waals surface area contributed by atoms with E-state index in [0.717, 1.165) is 77.6 Å². The van der Waals surface area contributed by atoms with Crippen molar-refractivity contribution in [3.63, 3.8) is 0 Å². The summed E-state index contributed by atoms with van der Waals surface area (Å²) in [5.74, 6) is 2.25. The number of carbonyl (C=O) groups is 3. The quantitative estimate of drug-likeness (QED) is 0.265. The Balaban J connectivity index is 0.972. The van der Waals surface area contributed by atoms with E-state index in [2.05, 4.69) is 65.1 Å². The zero-order valence-electron chi connectivity index (χ0n) is 34.2. The van der Waals surface area contributed by atoms with Gasteiger partial charge in [-0.3, -0.25) is 9.69 Å². The van der Waals surface area contributed by atoms with Crippen LogP contribution >= 0.6 is 0 Å². The summed E-state index contributed by atoms with van der Waals surface area (Å²) in [4.78, 5) is 56.5. The molecular formula is C44H55N7O6. The van der Waals surface area contributed by atoms with E-state index in [4.69, 9.17) is 24.2 Å². The van der Waals surface area contributed by atoms with Crippen LogP contribution in [0.25, 0.3) is 5.57 Å². The van der Waals surface area contributed by atoms with Crippen molar-refractivity contribution in [2.75, 3.05) is 7.11 Å². The van der Waals surface area contributed by atoms with Crippen LogP contribution in [0.1, 0.15) is 98.1 Å². The average molecular weight is 778 g/mol. The molecule has 7 aliphatic rings. The van der Waals surface area contributed by atoms with E-state index in [9.17, 15) is 14.4 Å². The number of allylic oxidation sites excluding steroid dienone is 9. The van der Waals surface area contributed by atoms with Gasteiger partial charge in [0.2, 0.25) is 5.91 Å². The van der Waals surface area contributed by atoms with E-state index in [0.29, 0.717) is 0 Å². The van der Waals surface area contributed by atoms with Gasteiger partial charge in [0.05, 0.1) is 49.1 Å². The van der Waals surface area contributed by atoms with Gasteiger partial charge < -0.3 is 34.7 Å². The molecule has 1 aromatic rings. The zero-order chi connectivity index (χ0) is 40.3. The van der Waals surface area contributed by atoms with Gasteiger partial charge in [-0.15, -0.1) is 0 Å². The van der Waals surface area contributed by atoms with Gasteiger partial charge in [-0.2, -0.15) is 0 Å². The molecule has 0 radical (unpaired) electrons. The Hall–Kier alpha value is -5.33. The summed E-state index contributed by atoms with van der Waals surface area (Å²) in [5.41, 5.74) is 5.54. The SMILES string of the molecule is CC[C@H](C)[C@H](NC(=O)OC)C(=O)N1[C@@H](C)CC[C@H]1c1ncc(C2=CC3=COC4=CC5C(=CC=C6N=C([C@@H]7CC[C@H](C)N7C(=O)OC(C)(C)C)NC65)C=C4C3C=C2)[nH]1. The first-order chi connectivity index (χ1) is 27.2. The Labute approximate surface area is 334 Å². The van der Waals surface area contributed by atoms with Crippen LogP contribution < -0.4 is 10.6 Å². The smallest absolute Gasteiger partial charge is 0.411 e. The number of methoxy groups -OCH3 is 1. The monoisotopic (exact) mass is 777 g/mol. The molecule has 0 aromatic carbocycles. The van der Waals surface area contributed by atoms with E-state index < -0.39 is 17.7 Å². The Kier molecular flexibility index (Phi) is 10.1. The highest BCUT2D eigenvalue weighted by atomic mass is 16.6. The summed E-state index contributed by atoms with van der Waals surface area (Å²) < 4.78 is 17.0. The molecule has 302 valence electrons. The van der Waals surface area contributed by atoms with Crippen molar-refractivity contribution < 1.29 is 28.6 Å². The van der Waals surface area contributed by atoms with Crippen molar-refractivity contribution in [1.82, 2.24) is 30.4 Å². The maximum Gasteiger partial charge on any atom is 0.411 e. The van der Waals surface area contributed by atoms with E-state index in [-0.39, 0.29) is 60.0 Å². The van der Waals surface area contributed by atoms with Crippen LogP contribution in [-0.2, 0) is 19.0 Å². The van der Waals surface area contributed by atoms with Crippen LogP contribution in [0.5, 0.6) is 0 Å². The number of carbonyl (C=O) groups excluding carboxylic acids is 3. The minimum Gasteiger partial charge on any atom is -0.465 e. The molecule has 13 heteroatoms. The maximum atomic E-state index is 14.0. The van der Waals surface area contributed by atoms with Gasteiger partial charge in [0, 0.05) is 29.5 Å². The summed E-state index contributed by atoms with van der Waals surface area (Å²) in [6, 6.07) is -1.09. The average Bonchev–Trinajstić information content (AvgIpc) is 4.00. The molecule has 0 bridgehead atoms. The number of aromatic nitrogens is 2. The fourth-order valence-electron chi connectivity index (χ4n) is 9.24. The van der Waals surface area contributed by atoms with E-state index in [1.807, 2.05) is 63.8 Å². The first-order valence-electron chi connectivity index (χ1n) is 20.4. The van der Waals surface area contributed by atoms with Crippen LogP contribution in [0, 0.1) is 17.8 Å². The number of alkyl carbamates (subject to hydrolysis) is 1. The Morgan fingerprint density at radius 3 is 2.53 bits per heavy atom. The van der Waals surface area contributed by atoms with Crippen molar-refractivity contribution in [1.29, 1.82) is 0 Å². The lowest BCUT2D eigenvalue weighted by atomic mass is 9.75. The summed E-state index contributed by atoms with van der Waals surface area (Å²) >= 11 is 0. The number of hydrogen-bond acceptors (Lipinski definition) is 9. The van der Waals surface area contributed by atoms with Crippen molar-refractivity contribution in [3.8, 4) is 0 Å². The molecule has 2 saturated heterocycles. The lowest BCUT2D eigenvalue weighted by molar-refractivity contribution is -0.137. The number of hydrogen-bond donors (Lipinski definition) is 3. The highest BCUT2D eigenvalue weighted by molar-refractivity contribution is 5.94. The lowest BCUT2D eigenvalue weighted by Crippen LogP contribution is -2.53. The molecule has 8 rings (SSSR count). The predicted molar refractivity (Wildman–Crippen MR) is 216 cm³/mol. The Bertz CT molecular complexity index is 2090. The number of nitrogens with one attached hydrogen (secondary N) is 3. The number of H-pyrrole nitrogens is 1. The fraction of sp³-hybridized carbons (Fsp3) is 0.523. The standard InChI is InChI=1S/C44H55N7O6/c1-9-23(2)37(49-42(53)55-8)41(52)50-24(3)10-16-34(50)39-45-21-33(47-39)27-12-14-29-28(18-27)22-56-36-20-30-26(19-31(29)36)13-15-32-38(30)48-40(46-32)35-17-11-25(4)51(35)43(54)57-44(5,6)7/h12-15,18-25,29-30,34-35,37-38H,9-11,16-17H2,1-8H3,(H,45,47)(H,46,48)(H,49,53)/t23-,24-,25-,29?,30?,34-,35-,37-,38?/m0/s1. The van der Waals surface area contributed by atoms with E-state index >= 15 is 0 Å². The normalized spacial score (nSPS) is 29.6. The van der Waals surface area contributed by atoms with Crippen molar-refractivity contribution >= 4 is 29.5 Å². The topological polar surface area (TPSA) is 150 Å². The number of imidazole rings is 1. The molecule has 0 saturated carbocycles. The maximum absolute atomic E-state index is 14.0. The Morgan fingerprint density at radius 1 is 1.04 bits per heavy atom. The minimum absolute atomic E-state index is 0.00205. The molecule has 3 N–H and O–H groups in total. The number of fused-ring (bicyclic) bond motifs is 6. The second-order valence-corrected chi connectivity index (χ2v) is 17.4. The van der Waals surface area contributed by atoms with Crippen molar-refractivity contribution in [2.24, 2.45) is 22.7 Å². The second-order valence-electron chi connectivity index (χ2n) is 17.4. The third-order valence-electron chi connectivity index (χ3n) is 12.5. The van der Waals surface area contributed by atoms with Crippen LogP contribution in [0.15, 0.2) is 88.2 Å². The highest BCUT2D eigenvalue weighted by Crippen LogP contribution is 2.46. The summed E-state index contributed by atoms with van der Waals surface area (Å²) in [5, 5.41) is 6.49. The van der Waals surface area contributed by atoms with Crippen molar-refractivity contribution in [2.45, 2.75) is 122 Å². The Morgan fingerprint density at radius 2 is 1.79 bits per heavy atom. The summed E-state index contributed by atoms with van der Waals surface area (Å²) in [7, 11) is 1.31. The van der Waals surface area contributed by atoms with E-state index in [1.54, 1.807) is 0 Å². The number of likely N-dealkylation sites (tertiary alicyclic amines) is 2. The molecule has 3 aliphatic carbocycles. The fourth-order valence-corrected chi connectivity index (χ4v) is 9.24. The summed E-state index contributed by atoms with van der Waals surface area (Å²) in [6.45, 7) is 13.8. The van der Waals surface area contributed by atoms with Crippen molar-refractivity contribution in [3.05, 3.63) is 94.7 Å². The van der Waals surface area contributed by atoms with Crippen LogP contribution in [0.4, 0.5) is 9.59 Å². The molecule has 4 aliphatic heterocycles. The van der Waals surface area contributed by atoms with Gasteiger partial charge in [-0.25, -0.2) is 19.6 Å². The molecule has 5 heterocycles. The number of aromatic amines is 1. The number of amidine groups is 1. The van der Waals surface area contributed by atoms with Gasteiger partial charge >= 0.3 is 12.2 Å². The molecule has 0 spiro atoms. The third-order valence-corrected chi connectivity index (χ3v) is 12.5. The van der Waals surface area contributed by atoms with Gasteiger partial charge in [-0.1, -0.05) is 44.6 Å². The van der Waals surface area contributed by atoms with Gasteiger partial charge in [0.15, 0.2) is 0 Å². The summed E-state index contributed by atoms with van der Waals surface area (Å²) in [6.07, 6.45) is 22.0. The molecule has 13 nitrogen and oxygen atoms in total. The largest absolute Gasteiger partial charge is 0.465 e. The van der Waals surface area contributed by atoms with Gasteiger partial charge in [0.25, 0.3) is 0 Å². The highest BCUT2D eigenvalue weighted by Gasteiger charge is 2.46. The number of amides is 3. The minimum atomic E-state index is -0.692. The predicted octanol–water partition coefficient (Wildman–Crippen LogP) is 7.14. The first kappa shape index (κ1) is 38.5. The number of aliphatic imine (C=N–C) groups is 1. The second kappa shape index (κ2) is 14.9. The van der Waals surface area contributed by atoms with Gasteiger partial charge in [-0.05, 0) is 101 Å². The first-order valence-corrected chi connectivity index (χ1v) is 20.4. The number of rotatable bonds is 7. The molecule has 3 amide bonds. The van der Waals surface area contributed by atoms with Crippen LogP contribution in [-0.4, -0.2) is 86.6 Å². The van der Waals surface area contributed by atoms with Gasteiger partial charge in [0.1, 0.15) is 29.1 Å². The molecule has 9 atom stereocenters. The molecule has 3 unspecified atom stereocenters. The van der Waals surface area contributed by atoms with Crippen LogP contribution in [0.2, 0.25) is 0 Å². The van der Waals surface area contributed by atoms with Crippen LogP contribution in [0.3, 0.4) is 0 Å². The molecular weight excluding hydrogens is 723 g/mol. The number of ether oxygens (including phenoxy) is 3. The molecule has 2 fully saturated rings.